The van der Waals surface area contributed by atoms with Gasteiger partial charge in [-0.25, -0.2) is 9.59 Å². The van der Waals surface area contributed by atoms with E-state index in [9.17, 15) is 14.4 Å². The Balaban J connectivity index is 1.98. The summed E-state index contributed by atoms with van der Waals surface area (Å²) >= 11 is 0. The molecule has 0 atom stereocenters. The fraction of sp³-hybridized carbons (Fsp3) is 0.118. The van der Waals surface area contributed by atoms with Gasteiger partial charge in [0.05, 0.1) is 7.11 Å². The summed E-state index contributed by atoms with van der Waals surface area (Å²) in [5.41, 5.74) is 5.56. The van der Waals surface area contributed by atoms with Crippen LogP contribution in [0.15, 0.2) is 42.5 Å². The van der Waals surface area contributed by atoms with Crippen molar-refractivity contribution in [3.05, 3.63) is 48.0 Å². The number of methoxy groups -OCH3 is 1. The van der Waals surface area contributed by atoms with E-state index < -0.39 is 24.5 Å². The van der Waals surface area contributed by atoms with Crippen molar-refractivity contribution in [2.24, 2.45) is 5.73 Å². The molecule has 0 aliphatic rings. The van der Waals surface area contributed by atoms with Crippen molar-refractivity contribution in [1.82, 2.24) is 5.32 Å². The predicted octanol–water partition coefficient (Wildman–Crippen LogP) is 1.60. The number of nitrogens with one attached hydrogen (secondary N) is 1. The first kappa shape index (κ1) is 17.0. The third-order valence-electron chi connectivity index (χ3n) is 3.09. The summed E-state index contributed by atoms with van der Waals surface area (Å²) in [5, 5.41) is 3.79. The van der Waals surface area contributed by atoms with Crippen molar-refractivity contribution in [1.29, 1.82) is 0 Å². The number of carbonyl (C=O) groups is 3. The van der Waals surface area contributed by atoms with Crippen molar-refractivity contribution < 1.29 is 23.9 Å². The molecular weight excluding hydrogens is 312 g/mol. The minimum absolute atomic E-state index is 0.580. The molecule has 0 radical (unpaired) electrons. The molecule has 3 amide bonds. The average molecular weight is 328 g/mol. The highest BCUT2D eigenvalue weighted by atomic mass is 16.5. The summed E-state index contributed by atoms with van der Waals surface area (Å²) in [5.74, 6) is -0.725. The van der Waals surface area contributed by atoms with Crippen LogP contribution in [-0.4, -0.2) is 31.6 Å². The van der Waals surface area contributed by atoms with Gasteiger partial charge < -0.3 is 15.2 Å². The van der Waals surface area contributed by atoms with Gasteiger partial charge in [-0.3, -0.25) is 10.1 Å². The number of ether oxygens (including phenoxy) is 2. The van der Waals surface area contributed by atoms with Gasteiger partial charge in [-0.15, -0.1) is 0 Å². The second kappa shape index (κ2) is 7.77. The van der Waals surface area contributed by atoms with E-state index in [1.54, 1.807) is 18.5 Å². The molecule has 7 heteroatoms. The summed E-state index contributed by atoms with van der Waals surface area (Å²) in [6.45, 7) is -0.580. The average Bonchev–Trinajstić information content (AvgIpc) is 2.56. The van der Waals surface area contributed by atoms with Crippen LogP contribution in [0, 0.1) is 0 Å². The highest BCUT2D eigenvalue weighted by Crippen LogP contribution is 2.22. The Bertz CT molecular complexity index is 814. The molecule has 24 heavy (non-hydrogen) atoms. The Labute approximate surface area is 138 Å². The minimum Gasteiger partial charge on any atom is -0.497 e. The van der Waals surface area contributed by atoms with E-state index >= 15 is 0 Å². The molecule has 0 heterocycles. The Hall–Kier alpha value is -3.35. The number of urea groups is 1. The lowest BCUT2D eigenvalue weighted by molar-refractivity contribution is -0.143. The summed E-state index contributed by atoms with van der Waals surface area (Å²) in [7, 11) is 1.60. The Morgan fingerprint density at radius 2 is 1.83 bits per heavy atom. The molecule has 2 aromatic rings. The monoisotopic (exact) mass is 328 g/mol. The molecule has 0 spiro atoms. The van der Waals surface area contributed by atoms with E-state index in [2.05, 4.69) is 4.74 Å². The summed E-state index contributed by atoms with van der Waals surface area (Å²) < 4.78 is 9.85. The molecule has 0 saturated carbocycles. The molecule has 0 fully saturated rings. The number of rotatable bonds is 5. The number of hydrogen-bond donors (Lipinski definition) is 2. The summed E-state index contributed by atoms with van der Waals surface area (Å²) in [6, 6.07) is 10.3. The van der Waals surface area contributed by atoms with E-state index in [4.69, 9.17) is 10.5 Å². The number of benzene rings is 2. The lowest BCUT2D eigenvalue weighted by Gasteiger charge is -2.03. The van der Waals surface area contributed by atoms with Gasteiger partial charge in [0.15, 0.2) is 6.61 Å². The van der Waals surface area contributed by atoms with E-state index in [0.717, 1.165) is 22.1 Å². The third-order valence-corrected chi connectivity index (χ3v) is 3.09. The van der Waals surface area contributed by atoms with Crippen LogP contribution < -0.4 is 15.8 Å². The van der Waals surface area contributed by atoms with Gasteiger partial charge >= 0.3 is 12.0 Å². The largest absolute Gasteiger partial charge is 0.497 e. The number of imide groups is 1. The van der Waals surface area contributed by atoms with Gasteiger partial charge in [0.2, 0.25) is 0 Å². The molecule has 0 unspecified atom stereocenters. The van der Waals surface area contributed by atoms with Crippen LogP contribution in [0.5, 0.6) is 5.75 Å². The standard InChI is InChI=1S/C17H16N2O5/c1-23-14-6-5-12-8-11(2-4-13(12)9-14)3-7-16(21)24-10-15(20)19-17(18)22/h2-9H,10H2,1H3,(H3,18,19,20,22)/b7-3+. The molecule has 0 aromatic heterocycles. The van der Waals surface area contributed by atoms with Crippen molar-refractivity contribution in [3.8, 4) is 5.75 Å². The van der Waals surface area contributed by atoms with Gasteiger partial charge in [-0.05, 0) is 40.6 Å². The molecule has 2 aromatic carbocycles. The number of esters is 1. The number of carbonyl (C=O) groups excluding carboxylic acids is 3. The number of fused-ring (bicyclic) bond motifs is 1. The zero-order valence-corrected chi connectivity index (χ0v) is 12.9. The predicted molar refractivity (Wildman–Crippen MR) is 88.2 cm³/mol. The van der Waals surface area contributed by atoms with Crippen molar-refractivity contribution >= 4 is 34.8 Å². The number of primary amides is 1. The van der Waals surface area contributed by atoms with Crippen LogP contribution in [0.3, 0.4) is 0 Å². The molecule has 0 bridgehead atoms. The SMILES string of the molecule is COc1ccc2cc(/C=C/C(=O)OCC(=O)NC(N)=O)ccc2c1. The van der Waals surface area contributed by atoms with Gasteiger partial charge in [-0.2, -0.15) is 0 Å². The fourth-order valence-corrected chi connectivity index (χ4v) is 2.00. The normalized spacial score (nSPS) is 10.5. The Kier molecular flexibility index (Phi) is 5.51. The molecule has 0 aliphatic carbocycles. The van der Waals surface area contributed by atoms with Gasteiger partial charge in [-0.1, -0.05) is 18.2 Å². The second-order valence-corrected chi connectivity index (χ2v) is 4.83. The van der Waals surface area contributed by atoms with E-state index in [0.29, 0.717) is 0 Å². The highest BCUT2D eigenvalue weighted by molar-refractivity contribution is 5.96. The van der Waals surface area contributed by atoms with Gasteiger partial charge in [0.25, 0.3) is 5.91 Å². The molecule has 124 valence electrons. The summed E-state index contributed by atoms with van der Waals surface area (Å²) in [4.78, 5) is 33.1. The zero-order valence-electron chi connectivity index (χ0n) is 12.9. The first-order valence-electron chi connectivity index (χ1n) is 7.00. The second-order valence-electron chi connectivity index (χ2n) is 4.83. The lowest BCUT2D eigenvalue weighted by atomic mass is 10.1. The zero-order chi connectivity index (χ0) is 17.5. The highest BCUT2D eigenvalue weighted by Gasteiger charge is 2.06. The number of amides is 3. The molecule has 2 rings (SSSR count). The molecule has 7 nitrogen and oxygen atoms in total. The first-order valence-corrected chi connectivity index (χ1v) is 7.00. The maximum absolute atomic E-state index is 11.5. The third kappa shape index (κ3) is 4.84. The molecule has 3 N–H and O–H groups in total. The van der Waals surface area contributed by atoms with Crippen LogP contribution in [0.25, 0.3) is 16.8 Å². The van der Waals surface area contributed by atoms with E-state index in [1.165, 1.54) is 6.08 Å². The molecule has 0 aliphatic heterocycles. The molecular formula is C17H16N2O5. The van der Waals surface area contributed by atoms with E-state index in [1.807, 2.05) is 36.4 Å². The minimum atomic E-state index is -1.00. The topological polar surface area (TPSA) is 108 Å². The molecule has 0 saturated heterocycles. The maximum atomic E-state index is 11.5. The van der Waals surface area contributed by atoms with Crippen LogP contribution in [-0.2, 0) is 14.3 Å². The van der Waals surface area contributed by atoms with Gasteiger partial charge in [0.1, 0.15) is 5.75 Å². The van der Waals surface area contributed by atoms with Crippen LogP contribution in [0.1, 0.15) is 5.56 Å². The Morgan fingerprint density at radius 3 is 2.54 bits per heavy atom. The summed E-state index contributed by atoms with van der Waals surface area (Å²) in [6.07, 6.45) is 2.76. The smallest absolute Gasteiger partial charge is 0.331 e. The van der Waals surface area contributed by atoms with E-state index in [-0.39, 0.29) is 0 Å². The van der Waals surface area contributed by atoms with Crippen LogP contribution in [0.4, 0.5) is 4.79 Å². The van der Waals surface area contributed by atoms with Crippen LogP contribution >= 0.6 is 0 Å². The maximum Gasteiger partial charge on any atom is 0.331 e. The quantitative estimate of drug-likeness (QED) is 0.640. The van der Waals surface area contributed by atoms with Gasteiger partial charge in [0, 0.05) is 6.08 Å². The number of hydrogen-bond acceptors (Lipinski definition) is 5. The lowest BCUT2D eigenvalue weighted by Crippen LogP contribution is -2.37. The Morgan fingerprint density at radius 1 is 1.12 bits per heavy atom. The fourth-order valence-electron chi connectivity index (χ4n) is 2.00. The first-order chi connectivity index (χ1) is 11.5. The van der Waals surface area contributed by atoms with Crippen LogP contribution in [0.2, 0.25) is 0 Å². The van der Waals surface area contributed by atoms with Crippen molar-refractivity contribution in [2.45, 2.75) is 0 Å². The van der Waals surface area contributed by atoms with Crippen molar-refractivity contribution in [3.63, 3.8) is 0 Å². The van der Waals surface area contributed by atoms with Crippen molar-refractivity contribution in [2.75, 3.05) is 13.7 Å². The number of nitrogens with two attached hydrogens (primary N) is 1.